The predicted octanol–water partition coefficient (Wildman–Crippen LogP) is 3.40. The highest BCUT2D eigenvalue weighted by Gasteiger charge is 2.21. The molecule has 0 radical (unpaired) electrons. The topological polar surface area (TPSA) is 15.3 Å². The Kier molecular flexibility index (Phi) is 7.20. The molecule has 0 saturated heterocycles. The summed E-state index contributed by atoms with van der Waals surface area (Å²) < 4.78 is 13.9. The smallest absolute Gasteiger partial charge is 0.127 e. The second-order valence-electron chi connectivity index (χ2n) is 5.06. The Hall–Kier alpha value is -1.45. The van der Waals surface area contributed by atoms with Gasteiger partial charge in [0.05, 0.1) is 0 Å². The Labute approximate surface area is 122 Å². The fourth-order valence-electron chi connectivity index (χ4n) is 2.58. The predicted molar refractivity (Wildman–Crippen MR) is 84.2 cm³/mol. The molecule has 2 unspecified atom stereocenters. The Morgan fingerprint density at radius 2 is 1.85 bits per heavy atom. The number of halogens is 1. The first-order chi connectivity index (χ1) is 9.63. The maximum Gasteiger partial charge on any atom is 0.127 e. The number of benzene rings is 1. The minimum Gasteiger partial charge on any atom is -0.313 e. The lowest BCUT2D eigenvalue weighted by Gasteiger charge is -2.29. The number of nitrogens with one attached hydrogen (secondary N) is 1. The molecule has 3 heteroatoms. The van der Waals surface area contributed by atoms with Crippen molar-refractivity contribution in [2.75, 3.05) is 26.7 Å². The quantitative estimate of drug-likeness (QED) is 0.695. The zero-order valence-corrected chi connectivity index (χ0v) is 12.5. The van der Waals surface area contributed by atoms with Crippen LogP contribution in [0.15, 0.2) is 49.6 Å². The van der Waals surface area contributed by atoms with Crippen molar-refractivity contribution < 1.29 is 4.39 Å². The molecule has 1 aromatic rings. The summed E-state index contributed by atoms with van der Waals surface area (Å²) in [7, 11) is 1.87. The number of rotatable bonds is 9. The number of hydrogen-bond acceptors (Lipinski definition) is 2. The minimum absolute atomic E-state index is 0.00618. The molecule has 0 saturated carbocycles. The molecule has 20 heavy (non-hydrogen) atoms. The van der Waals surface area contributed by atoms with Crippen LogP contribution in [0.2, 0.25) is 0 Å². The Balaban J connectivity index is 2.81. The van der Waals surface area contributed by atoms with Crippen LogP contribution < -0.4 is 5.32 Å². The maximum absolute atomic E-state index is 13.9. The molecule has 2 nitrogen and oxygen atoms in total. The lowest BCUT2D eigenvalue weighted by molar-refractivity contribution is 0.248. The van der Waals surface area contributed by atoms with E-state index in [0.717, 1.165) is 25.2 Å². The molecular formula is C17H25FN2. The first-order valence-corrected chi connectivity index (χ1v) is 6.99. The van der Waals surface area contributed by atoms with Crippen molar-refractivity contribution in [3.8, 4) is 0 Å². The van der Waals surface area contributed by atoms with Crippen molar-refractivity contribution in [1.29, 1.82) is 0 Å². The van der Waals surface area contributed by atoms with E-state index >= 15 is 0 Å². The van der Waals surface area contributed by atoms with Gasteiger partial charge in [0.15, 0.2) is 0 Å². The summed E-state index contributed by atoms with van der Waals surface area (Å²) in [6.45, 7) is 12.2. The van der Waals surface area contributed by atoms with Crippen molar-refractivity contribution >= 4 is 0 Å². The fourth-order valence-corrected chi connectivity index (χ4v) is 2.58. The van der Waals surface area contributed by atoms with Crippen LogP contribution in [-0.2, 0) is 0 Å². The van der Waals surface area contributed by atoms with E-state index in [1.54, 1.807) is 6.07 Å². The zero-order valence-electron chi connectivity index (χ0n) is 12.5. The third-order valence-electron chi connectivity index (χ3n) is 3.44. The highest BCUT2D eigenvalue weighted by molar-refractivity contribution is 5.21. The van der Waals surface area contributed by atoms with Gasteiger partial charge in [0.1, 0.15) is 5.82 Å². The summed E-state index contributed by atoms with van der Waals surface area (Å²) in [5.41, 5.74) is 0.722. The molecule has 1 rings (SSSR count). The van der Waals surface area contributed by atoms with E-state index in [9.17, 15) is 4.39 Å². The molecule has 0 aromatic heterocycles. The van der Waals surface area contributed by atoms with Crippen LogP contribution in [0.5, 0.6) is 0 Å². The summed E-state index contributed by atoms with van der Waals surface area (Å²) in [5.74, 6) is 0.120. The molecule has 1 N–H and O–H groups in total. The summed E-state index contributed by atoms with van der Waals surface area (Å²) in [6, 6.07) is 6.95. The summed E-state index contributed by atoms with van der Waals surface area (Å²) in [5, 5.41) is 3.23. The van der Waals surface area contributed by atoms with E-state index < -0.39 is 0 Å². The van der Waals surface area contributed by atoms with Gasteiger partial charge in [-0.1, -0.05) is 37.3 Å². The normalized spacial score (nSPS) is 14.0. The summed E-state index contributed by atoms with van der Waals surface area (Å²) >= 11 is 0. The van der Waals surface area contributed by atoms with Gasteiger partial charge in [-0.25, -0.2) is 4.39 Å². The van der Waals surface area contributed by atoms with E-state index in [2.05, 4.69) is 30.3 Å². The van der Waals surface area contributed by atoms with Crippen LogP contribution in [0, 0.1) is 11.7 Å². The molecular weight excluding hydrogens is 251 g/mol. The SMILES string of the molecule is C=CCN(CC=C)CC(C)C(NC)c1ccccc1F. The lowest BCUT2D eigenvalue weighted by atomic mass is 9.93. The van der Waals surface area contributed by atoms with Crippen molar-refractivity contribution in [2.45, 2.75) is 13.0 Å². The van der Waals surface area contributed by atoms with Gasteiger partial charge in [-0.15, -0.1) is 13.2 Å². The summed E-state index contributed by atoms with van der Waals surface area (Å²) in [4.78, 5) is 2.25. The van der Waals surface area contributed by atoms with E-state index in [0.29, 0.717) is 0 Å². The molecule has 1 aromatic carbocycles. The Morgan fingerprint density at radius 3 is 2.35 bits per heavy atom. The molecule has 0 aliphatic carbocycles. The van der Waals surface area contributed by atoms with Crippen LogP contribution in [0.4, 0.5) is 4.39 Å². The van der Waals surface area contributed by atoms with Gasteiger partial charge < -0.3 is 5.32 Å². The van der Waals surface area contributed by atoms with Crippen LogP contribution in [-0.4, -0.2) is 31.6 Å². The highest BCUT2D eigenvalue weighted by atomic mass is 19.1. The molecule has 0 aliphatic rings. The lowest BCUT2D eigenvalue weighted by Crippen LogP contribution is -2.35. The van der Waals surface area contributed by atoms with Gasteiger partial charge in [-0.3, -0.25) is 4.90 Å². The van der Waals surface area contributed by atoms with Crippen molar-refractivity contribution in [2.24, 2.45) is 5.92 Å². The fraction of sp³-hybridized carbons (Fsp3) is 0.412. The summed E-state index contributed by atoms with van der Waals surface area (Å²) in [6.07, 6.45) is 3.77. The molecule has 0 bridgehead atoms. The molecule has 0 heterocycles. The van der Waals surface area contributed by atoms with E-state index in [1.165, 1.54) is 6.07 Å². The average Bonchev–Trinajstić information content (AvgIpc) is 2.42. The second-order valence-corrected chi connectivity index (χ2v) is 5.06. The number of hydrogen-bond donors (Lipinski definition) is 1. The maximum atomic E-state index is 13.9. The van der Waals surface area contributed by atoms with Gasteiger partial charge in [-0.2, -0.15) is 0 Å². The highest BCUT2D eigenvalue weighted by Crippen LogP contribution is 2.24. The van der Waals surface area contributed by atoms with Crippen LogP contribution >= 0.6 is 0 Å². The monoisotopic (exact) mass is 276 g/mol. The molecule has 0 spiro atoms. The van der Waals surface area contributed by atoms with Crippen molar-refractivity contribution in [1.82, 2.24) is 10.2 Å². The van der Waals surface area contributed by atoms with Gasteiger partial charge in [0, 0.05) is 31.2 Å². The van der Waals surface area contributed by atoms with Gasteiger partial charge in [0.2, 0.25) is 0 Å². The minimum atomic E-state index is -0.155. The van der Waals surface area contributed by atoms with E-state index in [1.807, 2.05) is 31.3 Å². The third-order valence-corrected chi connectivity index (χ3v) is 3.44. The van der Waals surface area contributed by atoms with Gasteiger partial charge >= 0.3 is 0 Å². The first kappa shape index (κ1) is 16.6. The molecule has 0 fully saturated rings. The zero-order chi connectivity index (χ0) is 15.0. The average molecular weight is 276 g/mol. The Morgan fingerprint density at radius 1 is 1.25 bits per heavy atom. The first-order valence-electron chi connectivity index (χ1n) is 6.99. The Bertz CT molecular complexity index is 421. The van der Waals surface area contributed by atoms with Crippen molar-refractivity contribution in [3.05, 3.63) is 61.0 Å². The van der Waals surface area contributed by atoms with E-state index in [-0.39, 0.29) is 17.8 Å². The standard InChI is InChI=1S/C17H25FN2/c1-5-11-20(12-6-2)13-14(3)17(19-4)15-9-7-8-10-16(15)18/h5-10,14,17,19H,1-2,11-13H2,3-4H3. The second kappa shape index (κ2) is 8.67. The largest absolute Gasteiger partial charge is 0.313 e. The van der Waals surface area contributed by atoms with E-state index in [4.69, 9.17) is 0 Å². The van der Waals surface area contributed by atoms with Crippen LogP contribution in [0.25, 0.3) is 0 Å². The molecule has 0 amide bonds. The van der Waals surface area contributed by atoms with Crippen molar-refractivity contribution in [3.63, 3.8) is 0 Å². The molecule has 2 atom stereocenters. The van der Waals surface area contributed by atoms with Gasteiger partial charge in [0.25, 0.3) is 0 Å². The number of nitrogens with zero attached hydrogens (tertiary/aromatic N) is 1. The third kappa shape index (κ3) is 4.58. The van der Waals surface area contributed by atoms with Crippen LogP contribution in [0.1, 0.15) is 18.5 Å². The van der Waals surface area contributed by atoms with Crippen LogP contribution in [0.3, 0.4) is 0 Å². The molecule has 110 valence electrons. The molecule has 0 aliphatic heterocycles. The van der Waals surface area contributed by atoms with Gasteiger partial charge in [-0.05, 0) is 19.0 Å².